The fourth-order valence-corrected chi connectivity index (χ4v) is 1.51. The van der Waals surface area contributed by atoms with E-state index >= 15 is 0 Å². The summed E-state index contributed by atoms with van der Waals surface area (Å²) < 4.78 is 4.76. The van der Waals surface area contributed by atoms with Gasteiger partial charge in [0, 0.05) is 17.7 Å². The maximum Gasteiger partial charge on any atom is 0.109 e. The predicted octanol–water partition coefficient (Wildman–Crippen LogP) is 1.80. The Bertz CT molecular complexity index is 93.0. The van der Waals surface area contributed by atoms with Crippen LogP contribution in [-0.4, -0.2) is 17.4 Å². The Balaban J connectivity index is 2.15. The molecule has 1 heterocycles. The van der Waals surface area contributed by atoms with Crippen LogP contribution in [0.3, 0.4) is 0 Å². The van der Waals surface area contributed by atoms with E-state index < -0.39 is 0 Å². The lowest BCUT2D eigenvalue weighted by molar-refractivity contribution is 0.381. The van der Waals surface area contributed by atoms with Gasteiger partial charge in [-0.1, -0.05) is 6.42 Å². The van der Waals surface area contributed by atoms with Gasteiger partial charge in [-0.25, -0.2) is 4.31 Å². The predicted molar refractivity (Wildman–Crippen MR) is 38.8 cm³/mol. The third kappa shape index (κ3) is 2.32. The third-order valence-electron chi connectivity index (χ3n) is 1.46. The van der Waals surface area contributed by atoms with Crippen LogP contribution in [0, 0.1) is 4.91 Å². The highest BCUT2D eigenvalue weighted by Crippen LogP contribution is 2.17. The molecule has 0 saturated carbocycles. The van der Waals surface area contributed by atoms with Gasteiger partial charge < -0.3 is 0 Å². The summed E-state index contributed by atoms with van der Waals surface area (Å²) in [4.78, 5) is 9.74. The number of hydrogen-bond donors (Lipinski definition) is 0. The quantitative estimate of drug-likeness (QED) is 0.440. The zero-order valence-electron chi connectivity index (χ0n) is 5.25. The van der Waals surface area contributed by atoms with Gasteiger partial charge in [0.25, 0.3) is 0 Å². The van der Waals surface area contributed by atoms with E-state index in [4.69, 9.17) is 0 Å². The Morgan fingerprint density at radius 2 is 1.89 bits per heavy atom. The van der Waals surface area contributed by atoms with Crippen LogP contribution in [0.15, 0.2) is 4.58 Å². The molecule has 0 aliphatic carbocycles. The maximum absolute atomic E-state index is 9.74. The van der Waals surface area contributed by atoms with Crippen molar-refractivity contribution >= 4 is 12.1 Å². The first-order chi connectivity index (χ1) is 4.43. The molecule has 1 fully saturated rings. The van der Waals surface area contributed by atoms with Gasteiger partial charge in [0.1, 0.15) is 12.1 Å². The molecule has 3 nitrogen and oxygen atoms in total. The second-order valence-electron chi connectivity index (χ2n) is 2.15. The van der Waals surface area contributed by atoms with E-state index in [0.717, 1.165) is 25.2 Å². The molecule has 9 heavy (non-hydrogen) atoms. The zero-order chi connectivity index (χ0) is 6.53. The summed E-state index contributed by atoms with van der Waals surface area (Å²) in [6, 6.07) is 0. The van der Waals surface area contributed by atoms with Crippen LogP contribution in [-0.2, 0) is 0 Å². The molecule has 0 atom stereocenters. The molecule has 0 aromatic heterocycles. The smallest absolute Gasteiger partial charge is 0.109 e. The summed E-state index contributed by atoms with van der Waals surface area (Å²) in [6.07, 6.45) is 3.72. The largest absolute Gasteiger partial charge is 0.228 e. The van der Waals surface area contributed by atoms with Gasteiger partial charge in [0.2, 0.25) is 0 Å². The van der Waals surface area contributed by atoms with E-state index in [1.165, 1.54) is 19.3 Å². The van der Waals surface area contributed by atoms with Gasteiger partial charge >= 0.3 is 0 Å². The molecule has 4 heteroatoms. The average molecular weight is 146 g/mol. The first-order valence-corrected chi connectivity index (χ1v) is 3.91. The summed E-state index contributed by atoms with van der Waals surface area (Å²) in [5.74, 6) is 0. The van der Waals surface area contributed by atoms with Crippen molar-refractivity contribution in [2.75, 3.05) is 13.1 Å². The molecule has 0 unspecified atom stereocenters. The molecule has 1 aliphatic rings. The van der Waals surface area contributed by atoms with Crippen molar-refractivity contribution in [3.8, 4) is 0 Å². The molecule has 0 radical (unpaired) electrons. The molecule has 0 spiro atoms. The molecule has 0 amide bonds. The Kier molecular flexibility index (Phi) is 3.00. The topological polar surface area (TPSA) is 32.7 Å². The lowest BCUT2D eigenvalue weighted by atomic mass is 10.2. The number of nitroso groups, excluding NO2 is 1. The molecule has 52 valence electrons. The molecular weight excluding hydrogens is 136 g/mol. The van der Waals surface area contributed by atoms with E-state index in [-0.39, 0.29) is 0 Å². The van der Waals surface area contributed by atoms with E-state index in [9.17, 15) is 4.91 Å². The zero-order valence-corrected chi connectivity index (χ0v) is 6.06. The molecule has 0 N–H and O–H groups in total. The fraction of sp³-hybridized carbons (Fsp3) is 1.00. The Labute approximate surface area is 59.0 Å². The molecule has 0 aromatic carbocycles. The lowest BCUT2D eigenvalue weighted by Crippen LogP contribution is -2.21. The monoisotopic (exact) mass is 146 g/mol. The van der Waals surface area contributed by atoms with E-state index in [1.54, 1.807) is 0 Å². The maximum atomic E-state index is 9.74. The van der Waals surface area contributed by atoms with E-state index in [0.29, 0.717) is 0 Å². The highest BCUT2D eigenvalue weighted by molar-refractivity contribution is 7.95. The molecule has 1 aliphatic heterocycles. The van der Waals surface area contributed by atoms with Crippen LogP contribution >= 0.6 is 12.1 Å². The van der Waals surface area contributed by atoms with Crippen molar-refractivity contribution in [3.63, 3.8) is 0 Å². The number of nitrogens with zero attached hydrogens (tertiary/aromatic N) is 2. The Morgan fingerprint density at radius 1 is 1.22 bits per heavy atom. The average Bonchev–Trinajstić information content (AvgIpc) is 1.91. The van der Waals surface area contributed by atoms with Crippen LogP contribution in [0.25, 0.3) is 0 Å². The van der Waals surface area contributed by atoms with Crippen LogP contribution < -0.4 is 0 Å². The number of piperidine rings is 1. The molecule has 0 aromatic rings. The second-order valence-corrected chi connectivity index (χ2v) is 2.97. The molecular formula is C5H10N2OS. The summed E-state index contributed by atoms with van der Waals surface area (Å²) in [5, 5.41) is 0. The van der Waals surface area contributed by atoms with Crippen LogP contribution in [0.1, 0.15) is 19.3 Å². The Hall–Kier alpha value is -0.0900. The first kappa shape index (κ1) is 7.02. The van der Waals surface area contributed by atoms with Crippen molar-refractivity contribution < 1.29 is 0 Å². The van der Waals surface area contributed by atoms with Gasteiger partial charge in [-0.2, -0.15) is 0 Å². The standard InChI is InChI=1S/C5H10N2OS/c8-6-9-7-4-2-1-3-5-7/h1-5H2. The minimum Gasteiger partial charge on any atom is -0.228 e. The lowest BCUT2D eigenvalue weighted by Gasteiger charge is -2.20. The number of rotatable bonds is 2. The van der Waals surface area contributed by atoms with Crippen molar-refractivity contribution in [2.45, 2.75) is 19.3 Å². The van der Waals surface area contributed by atoms with E-state index in [2.05, 4.69) is 4.58 Å². The van der Waals surface area contributed by atoms with Gasteiger partial charge in [-0.05, 0) is 12.8 Å². The van der Waals surface area contributed by atoms with Crippen molar-refractivity contribution in [1.29, 1.82) is 0 Å². The first-order valence-electron chi connectivity index (χ1n) is 3.18. The van der Waals surface area contributed by atoms with Gasteiger partial charge in [-0.3, -0.25) is 0 Å². The normalized spacial score (nSPS) is 21.8. The van der Waals surface area contributed by atoms with Crippen molar-refractivity contribution in [2.24, 2.45) is 4.58 Å². The van der Waals surface area contributed by atoms with Crippen LogP contribution in [0.5, 0.6) is 0 Å². The Morgan fingerprint density at radius 3 is 2.44 bits per heavy atom. The molecule has 0 bridgehead atoms. The van der Waals surface area contributed by atoms with Gasteiger partial charge in [-0.15, -0.1) is 4.91 Å². The van der Waals surface area contributed by atoms with Crippen LogP contribution in [0.4, 0.5) is 0 Å². The van der Waals surface area contributed by atoms with Gasteiger partial charge in [0.05, 0.1) is 0 Å². The number of hydrogen-bond acceptors (Lipinski definition) is 4. The second kappa shape index (κ2) is 3.85. The summed E-state index contributed by atoms with van der Waals surface area (Å²) in [5.41, 5.74) is 0. The highest BCUT2D eigenvalue weighted by atomic mass is 32.2. The summed E-state index contributed by atoms with van der Waals surface area (Å²) in [6.45, 7) is 2.05. The summed E-state index contributed by atoms with van der Waals surface area (Å²) in [7, 11) is 0. The minimum absolute atomic E-state index is 1.02. The SMILES string of the molecule is O=NSN1CCCCC1. The van der Waals surface area contributed by atoms with Crippen molar-refractivity contribution in [1.82, 2.24) is 4.31 Å². The van der Waals surface area contributed by atoms with E-state index in [1.807, 2.05) is 4.31 Å². The summed E-state index contributed by atoms with van der Waals surface area (Å²) >= 11 is 1.05. The van der Waals surface area contributed by atoms with Gasteiger partial charge in [0.15, 0.2) is 0 Å². The van der Waals surface area contributed by atoms with Crippen molar-refractivity contribution in [3.05, 3.63) is 4.91 Å². The molecule has 1 saturated heterocycles. The minimum atomic E-state index is 1.02. The third-order valence-corrected chi connectivity index (χ3v) is 2.13. The van der Waals surface area contributed by atoms with Crippen LogP contribution in [0.2, 0.25) is 0 Å². The molecule has 1 rings (SSSR count). The highest BCUT2D eigenvalue weighted by Gasteiger charge is 2.09. The fourth-order valence-electron chi connectivity index (χ4n) is 0.994.